The zero-order valence-electron chi connectivity index (χ0n) is 17.0. The maximum absolute atomic E-state index is 11.7. The molecule has 2 heterocycles. The Kier molecular flexibility index (Phi) is 5.74. The van der Waals surface area contributed by atoms with Crippen molar-refractivity contribution in [2.24, 2.45) is 0 Å². The predicted molar refractivity (Wildman–Crippen MR) is 111 cm³/mol. The quantitative estimate of drug-likeness (QED) is 0.537. The second-order valence-corrected chi connectivity index (χ2v) is 9.55. The highest BCUT2D eigenvalue weighted by Crippen LogP contribution is 2.32. The van der Waals surface area contributed by atoms with Crippen LogP contribution in [0.4, 0.5) is 17.2 Å². The number of hydrogen-bond acceptors (Lipinski definition) is 8. The van der Waals surface area contributed by atoms with Crippen LogP contribution in [0.25, 0.3) is 0 Å². The first-order valence-corrected chi connectivity index (χ1v) is 11.3. The van der Waals surface area contributed by atoms with Gasteiger partial charge >= 0.3 is 0 Å². The van der Waals surface area contributed by atoms with Crippen molar-refractivity contribution in [1.29, 1.82) is 0 Å². The molecule has 0 spiro atoms. The molecule has 0 saturated carbocycles. The van der Waals surface area contributed by atoms with E-state index < -0.39 is 14.8 Å². The van der Waals surface area contributed by atoms with Crippen molar-refractivity contribution in [3.05, 3.63) is 45.9 Å². The molecule has 1 aromatic carbocycles. The molecule has 2 aromatic rings. The summed E-state index contributed by atoms with van der Waals surface area (Å²) in [4.78, 5) is 24.1. The SMILES string of the molecule is Cc1cc(N2CCN(c3ccc(S(C)(=O)=O)cc3[N+](=O)[O-])CC2)nc(C(C)C)n1. The van der Waals surface area contributed by atoms with Crippen LogP contribution in [0.2, 0.25) is 0 Å². The molecule has 3 rings (SSSR count). The molecule has 0 unspecified atom stereocenters. The van der Waals surface area contributed by atoms with Crippen molar-refractivity contribution >= 4 is 27.0 Å². The van der Waals surface area contributed by atoms with Crippen molar-refractivity contribution in [1.82, 2.24) is 9.97 Å². The van der Waals surface area contributed by atoms with Crippen LogP contribution < -0.4 is 9.80 Å². The monoisotopic (exact) mass is 419 g/mol. The van der Waals surface area contributed by atoms with Crippen LogP contribution in [0.1, 0.15) is 31.3 Å². The van der Waals surface area contributed by atoms with Gasteiger partial charge in [-0.05, 0) is 19.1 Å². The van der Waals surface area contributed by atoms with E-state index in [2.05, 4.69) is 28.7 Å². The third-order valence-corrected chi connectivity index (χ3v) is 6.00. The first-order valence-electron chi connectivity index (χ1n) is 9.40. The number of nitro groups is 1. The van der Waals surface area contributed by atoms with Gasteiger partial charge < -0.3 is 9.80 Å². The van der Waals surface area contributed by atoms with Gasteiger partial charge in [0.2, 0.25) is 0 Å². The lowest BCUT2D eigenvalue weighted by Gasteiger charge is -2.36. The highest BCUT2D eigenvalue weighted by atomic mass is 32.2. The van der Waals surface area contributed by atoms with E-state index in [-0.39, 0.29) is 16.5 Å². The van der Waals surface area contributed by atoms with Gasteiger partial charge in [-0.2, -0.15) is 0 Å². The summed E-state index contributed by atoms with van der Waals surface area (Å²) >= 11 is 0. The average molecular weight is 420 g/mol. The number of aromatic nitrogens is 2. The standard InChI is InChI=1S/C19H25N5O4S/c1-13(2)19-20-14(3)11-18(21-19)23-9-7-22(8-10-23)16-6-5-15(29(4,27)28)12-17(16)24(25)26/h5-6,11-13H,7-10H2,1-4H3. The van der Waals surface area contributed by atoms with E-state index in [0.29, 0.717) is 31.9 Å². The van der Waals surface area contributed by atoms with Crippen LogP contribution in [0, 0.1) is 17.0 Å². The van der Waals surface area contributed by atoms with Crippen LogP contribution in [0.15, 0.2) is 29.2 Å². The molecule has 0 atom stereocenters. The molecular weight excluding hydrogens is 394 g/mol. The summed E-state index contributed by atoms with van der Waals surface area (Å²) in [5, 5.41) is 11.5. The molecule has 1 aliphatic heterocycles. The first-order chi connectivity index (χ1) is 13.6. The van der Waals surface area contributed by atoms with Crippen LogP contribution in [-0.2, 0) is 9.84 Å². The lowest BCUT2D eigenvalue weighted by atomic mass is 10.2. The van der Waals surface area contributed by atoms with Crippen molar-refractivity contribution in [3.8, 4) is 0 Å². The number of rotatable bonds is 5. The van der Waals surface area contributed by atoms with Crippen molar-refractivity contribution in [3.63, 3.8) is 0 Å². The molecule has 1 fully saturated rings. The Morgan fingerprint density at radius 1 is 1.07 bits per heavy atom. The zero-order valence-corrected chi connectivity index (χ0v) is 17.8. The lowest BCUT2D eigenvalue weighted by Crippen LogP contribution is -2.47. The van der Waals surface area contributed by atoms with Gasteiger partial charge in [0, 0.05) is 56.2 Å². The van der Waals surface area contributed by atoms with E-state index >= 15 is 0 Å². The van der Waals surface area contributed by atoms with E-state index in [0.717, 1.165) is 29.7 Å². The Hall–Kier alpha value is -2.75. The Morgan fingerprint density at radius 2 is 1.69 bits per heavy atom. The predicted octanol–water partition coefficient (Wildman–Crippen LogP) is 2.55. The number of hydrogen-bond donors (Lipinski definition) is 0. The molecule has 1 saturated heterocycles. The lowest BCUT2D eigenvalue weighted by molar-refractivity contribution is -0.384. The van der Waals surface area contributed by atoms with Gasteiger partial charge in [-0.1, -0.05) is 13.8 Å². The summed E-state index contributed by atoms with van der Waals surface area (Å²) < 4.78 is 23.5. The fourth-order valence-electron chi connectivity index (χ4n) is 3.32. The molecule has 0 radical (unpaired) electrons. The summed E-state index contributed by atoms with van der Waals surface area (Å²) in [5.74, 6) is 1.89. The Labute approximate surface area is 170 Å². The molecule has 0 bridgehead atoms. The van der Waals surface area contributed by atoms with Crippen LogP contribution in [-0.4, -0.2) is 55.7 Å². The molecular formula is C19H25N5O4S. The molecule has 10 heteroatoms. The number of nitrogens with zero attached hydrogens (tertiary/aromatic N) is 5. The minimum atomic E-state index is -3.51. The molecule has 0 amide bonds. The molecule has 1 aromatic heterocycles. The molecule has 1 aliphatic rings. The van der Waals surface area contributed by atoms with Gasteiger partial charge in [0.05, 0.1) is 9.82 Å². The van der Waals surface area contributed by atoms with Crippen molar-refractivity contribution < 1.29 is 13.3 Å². The normalized spacial score (nSPS) is 15.1. The number of piperazine rings is 1. The number of nitro benzene ring substituents is 1. The molecule has 9 nitrogen and oxygen atoms in total. The average Bonchev–Trinajstić information content (AvgIpc) is 2.66. The molecule has 0 aliphatic carbocycles. The summed E-state index contributed by atoms with van der Waals surface area (Å²) in [6.07, 6.45) is 1.04. The van der Waals surface area contributed by atoms with Gasteiger partial charge in [-0.25, -0.2) is 18.4 Å². The summed E-state index contributed by atoms with van der Waals surface area (Å²) in [6.45, 7) is 8.49. The largest absolute Gasteiger partial charge is 0.362 e. The number of aryl methyl sites for hydroxylation is 1. The van der Waals surface area contributed by atoms with E-state index in [1.165, 1.54) is 12.1 Å². The summed E-state index contributed by atoms with van der Waals surface area (Å²) in [7, 11) is -3.51. The maximum atomic E-state index is 11.7. The van der Waals surface area contributed by atoms with E-state index in [4.69, 9.17) is 0 Å². The van der Waals surface area contributed by atoms with Gasteiger partial charge in [0.1, 0.15) is 17.3 Å². The molecule has 29 heavy (non-hydrogen) atoms. The van der Waals surface area contributed by atoms with Gasteiger partial charge in [-0.3, -0.25) is 10.1 Å². The maximum Gasteiger partial charge on any atom is 0.293 e. The van der Waals surface area contributed by atoms with Gasteiger partial charge in [0.15, 0.2) is 9.84 Å². The van der Waals surface area contributed by atoms with E-state index in [9.17, 15) is 18.5 Å². The van der Waals surface area contributed by atoms with Gasteiger partial charge in [-0.15, -0.1) is 0 Å². The Balaban J connectivity index is 1.82. The van der Waals surface area contributed by atoms with Crippen molar-refractivity contribution in [2.45, 2.75) is 31.6 Å². The Morgan fingerprint density at radius 3 is 2.24 bits per heavy atom. The van der Waals surface area contributed by atoms with Crippen LogP contribution >= 0.6 is 0 Å². The topological polar surface area (TPSA) is 110 Å². The summed E-state index contributed by atoms with van der Waals surface area (Å²) in [5.41, 5.74) is 1.15. The third-order valence-electron chi connectivity index (χ3n) is 4.89. The number of sulfone groups is 1. The number of anilines is 2. The minimum Gasteiger partial charge on any atom is -0.362 e. The number of benzene rings is 1. The summed E-state index contributed by atoms with van der Waals surface area (Å²) in [6, 6.07) is 6.03. The second-order valence-electron chi connectivity index (χ2n) is 7.53. The highest BCUT2D eigenvalue weighted by Gasteiger charge is 2.26. The van der Waals surface area contributed by atoms with Crippen LogP contribution in [0.5, 0.6) is 0 Å². The third kappa shape index (κ3) is 4.64. The fraction of sp³-hybridized carbons (Fsp3) is 0.474. The smallest absolute Gasteiger partial charge is 0.293 e. The van der Waals surface area contributed by atoms with Crippen molar-refractivity contribution in [2.75, 3.05) is 42.2 Å². The molecule has 0 N–H and O–H groups in total. The van der Waals surface area contributed by atoms with E-state index in [1.54, 1.807) is 0 Å². The fourth-order valence-corrected chi connectivity index (χ4v) is 3.96. The van der Waals surface area contributed by atoms with Gasteiger partial charge in [0.25, 0.3) is 5.69 Å². The van der Waals surface area contributed by atoms with Crippen LogP contribution in [0.3, 0.4) is 0 Å². The molecule has 156 valence electrons. The Bertz CT molecular complexity index is 1030. The highest BCUT2D eigenvalue weighted by molar-refractivity contribution is 7.90. The zero-order chi connectivity index (χ0) is 21.3. The minimum absolute atomic E-state index is 0.0516. The first kappa shape index (κ1) is 21.0. The second kappa shape index (κ2) is 7.94. The van der Waals surface area contributed by atoms with E-state index in [1.807, 2.05) is 17.9 Å².